The van der Waals surface area contributed by atoms with Gasteiger partial charge in [-0.1, -0.05) is 0 Å². The van der Waals surface area contributed by atoms with E-state index in [4.69, 9.17) is 14.2 Å². The Morgan fingerprint density at radius 1 is 1.29 bits per heavy atom. The van der Waals surface area contributed by atoms with Gasteiger partial charge in [-0.25, -0.2) is 8.42 Å². The van der Waals surface area contributed by atoms with Crippen molar-refractivity contribution in [2.75, 3.05) is 32.1 Å². The predicted octanol–water partition coefficient (Wildman–Crippen LogP) is 1.79. The Kier molecular flexibility index (Phi) is 5.57. The smallest absolute Gasteiger partial charge is 0.216 e. The van der Waals surface area contributed by atoms with E-state index in [9.17, 15) is 8.42 Å². The van der Waals surface area contributed by atoms with Crippen LogP contribution in [0.15, 0.2) is 0 Å². The fourth-order valence-electron chi connectivity index (χ4n) is 4.08. The number of nitrogens with zero attached hydrogens (tertiary/aromatic N) is 1. The fraction of sp³-hybridized carbons (Fsp3) is 1.00. The molecule has 140 valence electrons. The Balaban J connectivity index is 1.71. The normalized spacial score (nSPS) is 36.8. The molecule has 0 aromatic rings. The van der Waals surface area contributed by atoms with Gasteiger partial charge in [0.15, 0.2) is 0 Å². The van der Waals surface area contributed by atoms with Crippen molar-refractivity contribution < 1.29 is 22.6 Å². The maximum absolute atomic E-state index is 13.0. The summed E-state index contributed by atoms with van der Waals surface area (Å²) < 4.78 is 45.2. The number of hydrogen-bond donors (Lipinski definition) is 0. The van der Waals surface area contributed by atoms with Gasteiger partial charge < -0.3 is 14.2 Å². The summed E-state index contributed by atoms with van der Waals surface area (Å²) in [6, 6.07) is 0. The highest BCUT2D eigenvalue weighted by atomic mass is 32.2. The summed E-state index contributed by atoms with van der Waals surface area (Å²) in [5.74, 6) is 0.510. The molecule has 6 nitrogen and oxygen atoms in total. The van der Waals surface area contributed by atoms with Gasteiger partial charge in [0.1, 0.15) is 0 Å². The molecule has 7 heteroatoms. The molecule has 3 rings (SSSR count). The van der Waals surface area contributed by atoms with Crippen molar-refractivity contribution in [2.24, 2.45) is 5.92 Å². The first-order chi connectivity index (χ1) is 11.3. The average molecular weight is 362 g/mol. The Bertz CT molecular complexity index is 531. The molecule has 24 heavy (non-hydrogen) atoms. The van der Waals surface area contributed by atoms with Crippen LogP contribution >= 0.6 is 0 Å². The van der Waals surface area contributed by atoms with Crippen molar-refractivity contribution in [3.8, 4) is 0 Å². The number of morpholine rings is 1. The fourth-order valence-corrected chi connectivity index (χ4v) is 5.95. The van der Waals surface area contributed by atoms with Crippen LogP contribution in [0.3, 0.4) is 0 Å². The Morgan fingerprint density at radius 3 is 2.67 bits per heavy atom. The molecule has 2 saturated heterocycles. The zero-order valence-corrected chi connectivity index (χ0v) is 15.9. The standard InChI is InChI=1S/C17H31NO5S/c1-4-21-16(15-5-6-15)11-24(19,20)18-10-14(3)23-17(12-18)7-8-22-13(2)9-17/h13-16H,4-12H2,1-3H3. The second-order valence-corrected chi connectivity index (χ2v) is 9.66. The molecule has 0 aromatic heterocycles. The van der Waals surface area contributed by atoms with Crippen molar-refractivity contribution in [1.82, 2.24) is 4.31 Å². The predicted molar refractivity (Wildman–Crippen MR) is 91.4 cm³/mol. The monoisotopic (exact) mass is 361 g/mol. The number of rotatable bonds is 6. The zero-order chi connectivity index (χ0) is 17.4. The van der Waals surface area contributed by atoms with Gasteiger partial charge in [-0.3, -0.25) is 0 Å². The van der Waals surface area contributed by atoms with E-state index in [1.165, 1.54) is 0 Å². The van der Waals surface area contributed by atoms with Crippen molar-refractivity contribution in [1.29, 1.82) is 0 Å². The van der Waals surface area contributed by atoms with E-state index >= 15 is 0 Å². The van der Waals surface area contributed by atoms with E-state index in [2.05, 4.69) is 0 Å². The van der Waals surface area contributed by atoms with Crippen LogP contribution in [0.1, 0.15) is 46.5 Å². The first-order valence-electron chi connectivity index (χ1n) is 9.22. The molecule has 1 aliphatic carbocycles. The van der Waals surface area contributed by atoms with Gasteiger partial charge >= 0.3 is 0 Å². The Morgan fingerprint density at radius 2 is 2.04 bits per heavy atom. The van der Waals surface area contributed by atoms with Crippen LogP contribution in [0, 0.1) is 5.92 Å². The lowest BCUT2D eigenvalue weighted by Crippen LogP contribution is -2.60. The first-order valence-corrected chi connectivity index (χ1v) is 10.8. The highest BCUT2D eigenvalue weighted by Gasteiger charge is 2.47. The van der Waals surface area contributed by atoms with Crippen LogP contribution in [-0.4, -0.2) is 68.7 Å². The van der Waals surface area contributed by atoms with Crippen LogP contribution in [0.25, 0.3) is 0 Å². The van der Waals surface area contributed by atoms with Crippen LogP contribution < -0.4 is 0 Å². The lowest BCUT2D eigenvalue weighted by Gasteiger charge is -2.48. The summed E-state index contributed by atoms with van der Waals surface area (Å²) in [5.41, 5.74) is -0.400. The molecule has 0 amide bonds. The second kappa shape index (κ2) is 7.19. The summed E-state index contributed by atoms with van der Waals surface area (Å²) in [6.07, 6.45) is 3.52. The number of hydrogen-bond acceptors (Lipinski definition) is 5. The summed E-state index contributed by atoms with van der Waals surface area (Å²) in [4.78, 5) is 0. The van der Waals surface area contributed by atoms with Gasteiger partial charge in [-0.05, 0) is 39.5 Å². The van der Waals surface area contributed by atoms with E-state index in [0.29, 0.717) is 32.2 Å². The molecule has 0 bridgehead atoms. The zero-order valence-electron chi connectivity index (χ0n) is 15.1. The Hall–Kier alpha value is -0.210. The molecule has 1 spiro atoms. The maximum Gasteiger partial charge on any atom is 0.216 e. The van der Waals surface area contributed by atoms with E-state index in [-0.39, 0.29) is 24.1 Å². The number of sulfonamides is 1. The van der Waals surface area contributed by atoms with Crippen LogP contribution in [0.4, 0.5) is 0 Å². The van der Waals surface area contributed by atoms with E-state index in [1.54, 1.807) is 4.31 Å². The molecule has 0 N–H and O–H groups in total. The van der Waals surface area contributed by atoms with Crippen LogP contribution in [-0.2, 0) is 24.2 Å². The molecule has 4 atom stereocenters. The molecule has 3 aliphatic rings. The lowest BCUT2D eigenvalue weighted by atomic mass is 9.89. The quantitative estimate of drug-likeness (QED) is 0.722. The summed E-state index contributed by atoms with van der Waals surface area (Å²) in [7, 11) is -3.35. The highest BCUT2D eigenvalue weighted by molar-refractivity contribution is 7.89. The Labute approximate surface area is 145 Å². The van der Waals surface area contributed by atoms with Crippen molar-refractivity contribution in [3.63, 3.8) is 0 Å². The number of ether oxygens (including phenoxy) is 3. The van der Waals surface area contributed by atoms with Crippen LogP contribution in [0.5, 0.6) is 0 Å². The molecule has 0 radical (unpaired) electrons. The van der Waals surface area contributed by atoms with Crippen LogP contribution in [0.2, 0.25) is 0 Å². The molecular formula is C17H31NO5S. The summed E-state index contributed by atoms with van der Waals surface area (Å²) in [6.45, 7) is 7.99. The first kappa shape index (κ1) is 18.6. The third-order valence-corrected chi connectivity index (χ3v) is 7.11. The molecule has 3 fully saturated rings. The van der Waals surface area contributed by atoms with Crippen molar-refractivity contribution in [2.45, 2.75) is 70.4 Å². The maximum atomic E-state index is 13.0. The van der Waals surface area contributed by atoms with Gasteiger partial charge in [0, 0.05) is 39.1 Å². The van der Waals surface area contributed by atoms with E-state index in [0.717, 1.165) is 25.7 Å². The van der Waals surface area contributed by atoms with E-state index in [1.807, 2.05) is 20.8 Å². The lowest BCUT2D eigenvalue weighted by molar-refractivity contribution is -0.184. The van der Waals surface area contributed by atoms with Gasteiger partial charge in [0.25, 0.3) is 0 Å². The van der Waals surface area contributed by atoms with Gasteiger partial charge in [0.05, 0.1) is 29.7 Å². The molecule has 0 aromatic carbocycles. The van der Waals surface area contributed by atoms with E-state index < -0.39 is 15.6 Å². The van der Waals surface area contributed by atoms with Gasteiger partial charge in [-0.2, -0.15) is 4.31 Å². The molecule has 2 aliphatic heterocycles. The average Bonchev–Trinajstić information content (AvgIpc) is 3.30. The topological polar surface area (TPSA) is 65.1 Å². The van der Waals surface area contributed by atoms with Gasteiger partial charge in [-0.15, -0.1) is 0 Å². The van der Waals surface area contributed by atoms with Crippen molar-refractivity contribution in [3.05, 3.63) is 0 Å². The summed E-state index contributed by atoms with van der Waals surface area (Å²) >= 11 is 0. The molecule has 4 unspecified atom stereocenters. The van der Waals surface area contributed by atoms with Gasteiger partial charge in [0.2, 0.25) is 10.0 Å². The third kappa shape index (κ3) is 4.30. The SMILES string of the molecule is CCOC(CS(=O)(=O)N1CC(C)OC2(CCOC(C)C2)C1)C1CC1. The minimum Gasteiger partial charge on any atom is -0.378 e. The molecular weight excluding hydrogens is 330 g/mol. The molecule has 2 heterocycles. The molecule has 1 saturated carbocycles. The summed E-state index contributed by atoms with van der Waals surface area (Å²) in [5, 5.41) is 0. The highest BCUT2D eigenvalue weighted by Crippen LogP contribution is 2.37. The second-order valence-electron chi connectivity index (χ2n) is 7.65. The third-order valence-electron chi connectivity index (χ3n) is 5.29. The minimum atomic E-state index is -3.35. The minimum absolute atomic E-state index is 0.0923. The van der Waals surface area contributed by atoms with Crippen molar-refractivity contribution >= 4 is 10.0 Å². The largest absolute Gasteiger partial charge is 0.378 e.